The number of halogens is 2. The third-order valence-electron chi connectivity index (χ3n) is 5.22. The maximum atomic E-state index is 14.4. The highest BCUT2D eigenvalue weighted by Gasteiger charge is 2.27. The van der Waals surface area contributed by atoms with Crippen LogP contribution in [-0.2, 0) is 10.0 Å². The Kier molecular flexibility index (Phi) is 7.05. The zero-order valence-corrected chi connectivity index (χ0v) is 18.6. The monoisotopic (exact) mass is 455 g/mol. The van der Waals surface area contributed by atoms with Gasteiger partial charge >= 0.3 is 0 Å². The Labute approximate surface area is 180 Å². The summed E-state index contributed by atoms with van der Waals surface area (Å²) < 4.78 is 55.6. The second-order valence-electron chi connectivity index (χ2n) is 7.91. The van der Waals surface area contributed by atoms with E-state index in [-0.39, 0.29) is 35.0 Å². The fourth-order valence-electron chi connectivity index (χ4n) is 3.57. The minimum atomic E-state index is -3.24. The van der Waals surface area contributed by atoms with Crippen molar-refractivity contribution in [2.75, 3.05) is 24.2 Å². The Morgan fingerprint density at radius 2 is 1.90 bits per heavy atom. The zero-order valence-electron chi connectivity index (χ0n) is 17.8. The molecule has 0 saturated carbocycles. The van der Waals surface area contributed by atoms with Gasteiger partial charge in [-0.05, 0) is 39.2 Å². The second kappa shape index (κ2) is 9.39. The number of nitrogens with one attached hydrogen (secondary N) is 1. The predicted octanol–water partition coefficient (Wildman–Crippen LogP) is 2.78. The lowest BCUT2D eigenvalue weighted by Crippen LogP contribution is -2.43. The summed E-state index contributed by atoms with van der Waals surface area (Å²) in [5.41, 5.74) is -0.765. The molecule has 0 bridgehead atoms. The smallest absolute Gasteiger partial charge is 0.286 e. The number of piperidine rings is 1. The molecular weight excluding hydrogens is 428 g/mol. The summed E-state index contributed by atoms with van der Waals surface area (Å²) in [5.74, 6) is -1.43. The van der Waals surface area contributed by atoms with Crippen LogP contribution in [0.25, 0.3) is 11.3 Å². The summed E-state index contributed by atoms with van der Waals surface area (Å²) in [7, 11) is -3.24. The van der Waals surface area contributed by atoms with Crippen molar-refractivity contribution in [3.63, 3.8) is 0 Å². The van der Waals surface area contributed by atoms with Gasteiger partial charge in [-0.1, -0.05) is 6.92 Å². The maximum absolute atomic E-state index is 14.4. The van der Waals surface area contributed by atoms with Crippen molar-refractivity contribution in [2.24, 2.45) is 0 Å². The Hall–Kier alpha value is -2.40. The van der Waals surface area contributed by atoms with E-state index in [4.69, 9.17) is 0 Å². The highest BCUT2D eigenvalue weighted by Crippen LogP contribution is 2.23. The fraction of sp³-hybridized carbons (Fsp3) is 0.550. The van der Waals surface area contributed by atoms with Gasteiger partial charge in [0.15, 0.2) is 11.6 Å². The molecular formula is C20H27F2N5O3S. The number of anilines is 1. The summed E-state index contributed by atoms with van der Waals surface area (Å²) in [6.07, 6.45) is 4.06. The molecule has 2 aromatic heterocycles. The molecule has 1 N–H and O–H groups in total. The SMILES string of the molecule is CCCS(=O)(=O)N1CCC(Nc2ncc(F)c(-c3cc(F)c(=O)n(C(C)C)c3)n2)CC1. The van der Waals surface area contributed by atoms with Gasteiger partial charge in [0, 0.05) is 36.9 Å². The van der Waals surface area contributed by atoms with E-state index in [0.29, 0.717) is 32.4 Å². The van der Waals surface area contributed by atoms with Crippen molar-refractivity contribution < 1.29 is 17.2 Å². The summed E-state index contributed by atoms with van der Waals surface area (Å²) in [5, 5.41) is 3.11. The van der Waals surface area contributed by atoms with Gasteiger partial charge < -0.3 is 9.88 Å². The molecule has 0 spiro atoms. The summed E-state index contributed by atoms with van der Waals surface area (Å²) in [6, 6.07) is 0.583. The van der Waals surface area contributed by atoms with Crippen LogP contribution >= 0.6 is 0 Å². The van der Waals surface area contributed by atoms with Crippen molar-refractivity contribution in [3.8, 4) is 11.3 Å². The summed E-state index contributed by atoms with van der Waals surface area (Å²) >= 11 is 0. The van der Waals surface area contributed by atoms with Gasteiger partial charge in [-0.15, -0.1) is 0 Å². The molecule has 8 nitrogen and oxygen atoms in total. The Morgan fingerprint density at radius 1 is 1.23 bits per heavy atom. The number of nitrogens with zero attached hydrogens (tertiary/aromatic N) is 4. The van der Waals surface area contributed by atoms with Crippen LogP contribution < -0.4 is 10.9 Å². The number of sulfonamides is 1. The van der Waals surface area contributed by atoms with Crippen LogP contribution in [0.3, 0.4) is 0 Å². The molecule has 0 radical (unpaired) electrons. The molecule has 31 heavy (non-hydrogen) atoms. The molecule has 2 aromatic rings. The zero-order chi connectivity index (χ0) is 22.8. The first-order valence-electron chi connectivity index (χ1n) is 10.3. The first-order chi connectivity index (χ1) is 14.6. The van der Waals surface area contributed by atoms with Crippen LogP contribution in [0.1, 0.15) is 46.1 Å². The minimum absolute atomic E-state index is 0.0762. The van der Waals surface area contributed by atoms with Crippen molar-refractivity contribution in [1.82, 2.24) is 18.8 Å². The molecule has 1 saturated heterocycles. The molecule has 11 heteroatoms. The Morgan fingerprint density at radius 3 is 2.52 bits per heavy atom. The van der Waals surface area contributed by atoms with Gasteiger partial charge in [0.1, 0.15) is 5.69 Å². The summed E-state index contributed by atoms with van der Waals surface area (Å²) in [6.45, 7) is 6.05. The van der Waals surface area contributed by atoms with Gasteiger partial charge in [0.2, 0.25) is 16.0 Å². The van der Waals surface area contributed by atoms with Crippen molar-refractivity contribution in [2.45, 2.75) is 52.1 Å². The molecule has 1 aliphatic heterocycles. The van der Waals surface area contributed by atoms with Gasteiger partial charge in [-0.3, -0.25) is 4.79 Å². The number of aromatic nitrogens is 3. The number of rotatable bonds is 7. The van der Waals surface area contributed by atoms with E-state index in [2.05, 4.69) is 15.3 Å². The lowest BCUT2D eigenvalue weighted by Gasteiger charge is -2.31. The number of pyridine rings is 1. The van der Waals surface area contributed by atoms with Crippen LogP contribution in [0.4, 0.5) is 14.7 Å². The minimum Gasteiger partial charge on any atom is -0.351 e. The van der Waals surface area contributed by atoms with Crippen LogP contribution in [0.15, 0.2) is 23.3 Å². The van der Waals surface area contributed by atoms with E-state index in [1.54, 1.807) is 13.8 Å². The Bertz CT molecular complexity index is 1100. The number of hydrogen-bond donors (Lipinski definition) is 1. The second-order valence-corrected chi connectivity index (χ2v) is 10.00. The molecule has 170 valence electrons. The van der Waals surface area contributed by atoms with Gasteiger partial charge in [0.05, 0.1) is 11.9 Å². The largest absolute Gasteiger partial charge is 0.351 e. The quantitative estimate of drug-likeness (QED) is 0.690. The standard InChI is InChI=1S/C20H27F2N5O3S/c1-4-9-31(29,30)26-7-5-15(6-8-26)24-20-23-11-17(22)18(25-20)14-10-16(21)19(28)27(12-14)13(2)3/h10-13,15H,4-9H2,1-3H3,(H,23,24,25). The van der Waals surface area contributed by atoms with Gasteiger partial charge in [-0.2, -0.15) is 0 Å². The van der Waals surface area contributed by atoms with Crippen molar-refractivity contribution in [1.29, 1.82) is 0 Å². The van der Waals surface area contributed by atoms with Crippen LogP contribution in [0.5, 0.6) is 0 Å². The van der Waals surface area contributed by atoms with Crippen molar-refractivity contribution >= 4 is 16.0 Å². The van der Waals surface area contributed by atoms with E-state index in [1.807, 2.05) is 6.92 Å². The molecule has 3 heterocycles. The fourth-order valence-corrected chi connectivity index (χ4v) is 5.11. The third-order valence-corrected chi connectivity index (χ3v) is 7.29. The van der Waals surface area contributed by atoms with Crippen LogP contribution in [-0.4, -0.2) is 52.1 Å². The molecule has 0 amide bonds. The van der Waals surface area contributed by atoms with Crippen LogP contribution in [0, 0.1) is 11.6 Å². The molecule has 0 unspecified atom stereocenters. The first-order valence-corrected chi connectivity index (χ1v) is 11.9. The van der Waals surface area contributed by atoms with Crippen LogP contribution in [0.2, 0.25) is 0 Å². The highest BCUT2D eigenvalue weighted by atomic mass is 32.2. The average Bonchev–Trinajstić information content (AvgIpc) is 2.71. The maximum Gasteiger partial charge on any atom is 0.286 e. The first kappa shape index (κ1) is 23.3. The topological polar surface area (TPSA) is 97.2 Å². The predicted molar refractivity (Wildman–Crippen MR) is 114 cm³/mol. The van der Waals surface area contributed by atoms with Gasteiger partial charge in [-0.25, -0.2) is 31.5 Å². The van der Waals surface area contributed by atoms with Gasteiger partial charge in [0.25, 0.3) is 5.56 Å². The third kappa shape index (κ3) is 5.27. The number of hydrogen-bond acceptors (Lipinski definition) is 6. The van der Waals surface area contributed by atoms with E-state index < -0.39 is 27.2 Å². The molecule has 1 fully saturated rings. The van der Waals surface area contributed by atoms with E-state index in [1.165, 1.54) is 15.1 Å². The van der Waals surface area contributed by atoms with E-state index >= 15 is 0 Å². The molecule has 3 rings (SSSR count). The average molecular weight is 456 g/mol. The van der Waals surface area contributed by atoms with E-state index in [9.17, 15) is 22.0 Å². The highest BCUT2D eigenvalue weighted by molar-refractivity contribution is 7.89. The normalized spacial score (nSPS) is 16.1. The van der Waals surface area contributed by atoms with Crippen molar-refractivity contribution in [3.05, 3.63) is 40.4 Å². The lowest BCUT2D eigenvalue weighted by atomic mass is 10.1. The molecule has 0 atom stereocenters. The summed E-state index contributed by atoms with van der Waals surface area (Å²) in [4.78, 5) is 20.1. The molecule has 0 aromatic carbocycles. The lowest BCUT2D eigenvalue weighted by molar-refractivity contribution is 0.329. The Balaban J connectivity index is 1.78. The molecule has 0 aliphatic carbocycles. The molecule has 1 aliphatic rings. The van der Waals surface area contributed by atoms with E-state index in [0.717, 1.165) is 12.3 Å².